The van der Waals surface area contributed by atoms with Gasteiger partial charge >= 0.3 is 5.97 Å². The summed E-state index contributed by atoms with van der Waals surface area (Å²) in [6.45, 7) is 4.92. The number of carbonyl (C=O) groups excluding carboxylic acids is 2. The maximum Gasteiger partial charge on any atom is 0.305 e. The molecular formula is C73H139NO5. The lowest BCUT2D eigenvalue weighted by molar-refractivity contribution is -0.143. The Balaban J connectivity index is 3.37. The number of allylic oxidation sites excluding steroid dienone is 5. The van der Waals surface area contributed by atoms with E-state index in [0.717, 1.165) is 44.9 Å². The van der Waals surface area contributed by atoms with Crippen molar-refractivity contribution in [1.29, 1.82) is 0 Å². The number of aliphatic hydroxyl groups is 2. The fraction of sp³-hybridized carbons (Fsp3) is 0.890. The Labute approximate surface area is 494 Å². The molecule has 79 heavy (non-hydrogen) atoms. The number of aliphatic hydroxyl groups excluding tert-OH is 2. The average Bonchev–Trinajstić information content (AvgIpc) is 3.45. The second kappa shape index (κ2) is 68.6. The Morgan fingerprint density at radius 1 is 0.354 bits per heavy atom. The second-order valence-corrected chi connectivity index (χ2v) is 24.6. The summed E-state index contributed by atoms with van der Waals surface area (Å²) >= 11 is 0. The van der Waals surface area contributed by atoms with E-state index in [-0.39, 0.29) is 18.5 Å². The zero-order valence-corrected chi connectivity index (χ0v) is 53.4. The summed E-state index contributed by atoms with van der Waals surface area (Å²) < 4.78 is 5.51. The van der Waals surface area contributed by atoms with Gasteiger partial charge in [0.25, 0.3) is 0 Å². The van der Waals surface area contributed by atoms with Crippen molar-refractivity contribution >= 4 is 11.9 Å². The van der Waals surface area contributed by atoms with Crippen LogP contribution in [0.25, 0.3) is 0 Å². The Hall–Kier alpha value is -1.92. The topological polar surface area (TPSA) is 95.9 Å². The maximum absolute atomic E-state index is 12.5. The SMILES string of the molecule is CCCCCCCCCCCC/C=C/C(O)C(CO)NC(=O)CCCCCCCCCCCCCCCCC/C=C\C/C=C\CCCCCCCCCCCOC(=O)CCCCCCCCCCCCCCCCCCCCC. The first kappa shape index (κ1) is 77.1. The third kappa shape index (κ3) is 65.1. The van der Waals surface area contributed by atoms with Crippen molar-refractivity contribution < 1.29 is 24.5 Å². The third-order valence-electron chi connectivity index (χ3n) is 16.7. The van der Waals surface area contributed by atoms with Crippen molar-refractivity contribution in [2.24, 2.45) is 0 Å². The highest BCUT2D eigenvalue weighted by molar-refractivity contribution is 5.76. The Morgan fingerprint density at radius 3 is 0.962 bits per heavy atom. The third-order valence-corrected chi connectivity index (χ3v) is 16.7. The van der Waals surface area contributed by atoms with E-state index in [4.69, 9.17) is 4.74 Å². The molecule has 0 heterocycles. The van der Waals surface area contributed by atoms with E-state index >= 15 is 0 Å². The number of unbranched alkanes of at least 4 members (excludes halogenated alkanes) is 52. The van der Waals surface area contributed by atoms with Crippen LogP contribution in [0.5, 0.6) is 0 Å². The number of nitrogens with one attached hydrogen (secondary N) is 1. The van der Waals surface area contributed by atoms with E-state index in [1.165, 1.54) is 321 Å². The molecule has 0 bridgehead atoms. The minimum Gasteiger partial charge on any atom is -0.466 e. The molecule has 6 nitrogen and oxygen atoms in total. The molecule has 1 amide bonds. The van der Waals surface area contributed by atoms with Gasteiger partial charge in [-0.15, -0.1) is 0 Å². The van der Waals surface area contributed by atoms with Gasteiger partial charge in [-0.2, -0.15) is 0 Å². The average molecular weight is 1110 g/mol. The molecule has 0 aromatic rings. The molecule has 2 atom stereocenters. The molecule has 2 unspecified atom stereocenters. The normalized spacial score (nSPS) is 12.7. The highest BCUT2D eigenvalue weighted by Gasteiger charge is 2.18. The summed E-state index contributed by atoms with van der Waals surface area (Å²) in [5, 5.41) is 23.1. The molecule has 0 aromatic carbocycles. The van der Waals surface area contributed by atoms with Crippen LogP contribution in [0.2, 0.25) is 0 Å². The largest absolute Gasteiger partial charge is 0.466 e. The molecule has 466 valence electrons. The van der Waals surface area contributed by atoms with Gasteiger partial charge in [0.15, 0.2) is 0 Å². The molecule has 0 aliphatic rings. The minimum atomic E-state index is -0.843. The van der Waals surface area contributed by atoms with E-state index in [2.05, 4.69) is 43.5 Å². The van der Waals surface area contributed by atoms with Crippen LogP contribution in [0, 0.1) is 0 Å². The minimum absolute atomic E-state index is 0.0181. The van der Waals surface area contributed by atoms with Crippen molar-refractivity contribution in [1.82, 2.24) is 5.32 Å². The smallest absolute Gasteiger partial charge is 0.305 e. The lowest BCUT2D eigenvalue weighted by atomic mass is 10.0. The number of hydrogen-bond acceptors (Lipinski definition) is 5. The number of amides is 1. The van der Waals surface area contributed by atoms with Gasteiger partial charge in [0.1, 0.15) is 0 Å². The molecule has 0 radical (unpaired) electrons. The van der Waals surface area contributed by atoms with Crippen molar-refractivity contribution in [3.8, 4) is 0 Å². The molecule has 0 saturated carbocycles. The van der Waals surface area contributed by atoms with Crippen LogP contribution >= 0.6 is 0 Å². The first-order chi connectivity index (χ1) is 39.0. The van der Waals surface area contributed by atoms with E-state index in [0.29, 0.717) is 19.4 Å². The van der Waals surface area contributed by atoms with Gasteiger partial charge in [-0.1, -0.05) is 352 Å². The lowest BCUT2D eigenvalue weighted by Crippen LogP contribution is -2.45. The molecule has 3 N–H and O–H groups in total. The standard InChI is InChI=1S/C73H139NO5/c1-3-5-7-9-11-13-15-17-18-19-33-37-40-43-47-51-55-59-63-67-73(78)79-68-64-60-56-52-48-44-41-38-35-32-30-28-26-24-22-20-21-23-25-27-29-31-34-36-39-42-46-50-54-58-62-66-72(77)74-70(69-75)71(76)65-61-57-53-49-45-16-14-12-10-8-6-4-2/h22,24,28,30,61,65,70-71,75-76H,3-21,23,25-27,29,31-60,62-64,66-69H2,1-2H3,(H,74,77)/b24-22-,30-28-,65-61+. The number of hydrogen-bond donors (Lipinski definition) is 3. The Morgan fingerprint density at radius 2 is 0.633 bits per heavy atom. The number of esters is 1. The Kier molecular flexibility index (Phi) is 66.9. The van der Waals surface area contributed by atoms with Crippen LogP contribution in [-0.2, 0) is 14.3 Å². The molecule has 0 saturated heterocycles. The van der Waals surface area contributed by atoms with Gasteiger partial charge in [0.2, 0.25) is 5.91 Å². The second-order valence-electron chi connectivity index (χ2n) is 24.6. The molecule has 0 rings (SSSR count). The van der Waals surface area contributed by atoms with Crippen LogP contribution in [0.15, 0.2) is 36.5 Å². The van der Waals surface area contributed by atoms with Crippen LogP contribution in [0.3, 0.4) is 0 Å². The molecule has 6 heteroatoms. The van der Waals surface area contributed by atoms with Crippen LogP contribution < -0.4 is 5.32 Å². The quantitative estimate of drug-likeness (QED) is 0.0320. The van der Waals surface area contributed by atoms with Gasteiger partial charge < -0.3 is 20.3 Å². The predicted octanol–water partition coefficient (Wildman–Crippen LogP) is 23.1. The van der Waals surface area contributed by atoms with Gasteiger partial charge in [0.05, 0.1) is 25.4 Å². The summed E-state index contributed by atoms with van der Waals surface area (Å²) in [7, 11) is 0. The summed E-state index contributed by atoms with van der Waals surface area (Å²) in [4.78, 5) is 24.6. The molecule has 0 aliphatic heterocycles. The summed E-state index contributed by atoms with van der Waals surface area (Å²) in [6, 6.07) is -0.627. The van der Waals surface area contributed by atoms with Crippen molar-refractivity contribution in [2.45, 2.75) is 405 Å². The highest BCUT2D eigenvalue weighted by atomic mass is 16.5. The molecule has 0 aliphatic carbocycles. The maximum atomic E-state index is 12.5. The van der Waals surface area contributed by atoms with Crippen LogP contribution in [-0.4, -0.2) is 47.4 Å². The highest BCUT2D eigenvalue weighted by Crippen LogP contribution is 2.18. The van der Waals surface area contributed by atoms with Crippen molar-refractivity contribution in [3.63, 3.8) is 0 Å². The van der Waals surface area contributed by atoms with E-state index in [1.807, 2.05) is 6.08 Å². The summed E-state index contributed by atoms with van der Waals surface area (Å²) in [6.07, 6.45) is 88.1. The van der Waals surface area contributed by atoms with Gasteiger partial charge in [-0.3, -0.25) is 9.59 Å². The van der Waals surface area contributed by atoms with Crippen molar-refractivity contribution in [2.75, 3.05) is 13.2 Å². The molecule has 0 fully saturated rings. The predicted molar refractivity (Wildman–Crippen MR) is 347 cm³/mol. The monoisotopic (exact) mass is 1110 g/mol. The molecule has 0 spiro atoms. The van der Waals surface area contributed by atoms with Gasteiger partial charge in [0, 0.05) is 12.8 Å². The molecular weight excluding hydrogens is 971 g/mol. The fourth-order valence-corrected chi connectivity index (χ4v) is 11.2. The van der Waals surface area contributed by atoms with E-state index < -0.39 is 12.1 Å². The number of ether oxygens (including phenoxy) is 1. The fourth-order valence-electron chi connectivity index (χ4n) is 11.2. The van der Waals surface area contributed by atoms with Gasteiger partial charge in [-0.05, 0) is 64.2 Å². The number of carbonyl (C=O) groups is 2. The van der Waals surface area contributed by atoms with Gasteiger partial charge in [-0.25, -0.2) is 0 Å². The zero-order valence-electron chi connectivity index (χ0n) is 53.4. The lowest BCUT2D eigenvalue weighted by Gasteiger charge is -2.20. The van der Waals surface area contributed by atoms with Crippen molar-refractivity contribution in [3.05, 3.63) is 36.5 Å². The molecule has 0 aromatic heterocycles. The van der Waals surface area contributed by atoms with Crippen LogP contribution in [0.1, 0.15) is 393 Å². The summed E-state index contributed by atoms with van der Waals surface area (Å²) in [5.41, 5.74) is 0. The zero-order chi connectivity index (χ0) is 57.1. The first-order valence-corrected chi connectivity index (χ1v) is 35.8. The Bertz CT molecular complexity index is 1280. The van der Waals surface area contributed by atoms with E-state index in [1.54, 1.807) is 6.08 Å². The van der Waals surface area contributed by atoms with Crippen LogP contribution in [0.4, 0.5) is 0 Å². The number of rotatable bonds is 67. The van der Waals surface area contributed by atoms with E-state index in [9.17, 15) is 19.8 Å². The first-order valence-electron chi connectivity index (χ1n) is 35.8. The summed E-state index contributed by atoms with van der Waals surface area (Å²) in [5.74, 6) is -0.0487.